The summed E-state index contributed by atoms with van der Waals surface area (Å²) in [6, 6.07) is 6.63. The van der Waals surface area contributed by atoms with Crippen LogP contribution in [-0.2, 0) is 0 Å². The van der Waals surface area contributed by atoms with E-state index in [9.17, 15) is 0 Å². The Morgan fingerprint density at radius 2 is 1.81 bits per heavy atom. The normalized spacial score (nSPS) is 11.4. The van der Waals surface area contributed by atoms with Gasteiger partial charge in [0.25, 0.3) is 0 Å². The van der Waals surface area contributed by atoms with E-state index in [0.717, 1.165) is 10.1 Å². The Morgan fingerprint density at radius 3 is 2.44 bits per heavy atom. The third-order valence-corrected chi connectivity index (χ3v) is 3.49. The molecule has 0 aliphatic carbocycles. The van der Waals surface area contributed by atoms with Gasteiger partial charge < -0.3 is 0 Å². The van der Waals surface area contributed by atoms with Crippen LogP contribution in [0.3, 0.4) is 0 Å². The van der Waals surface area contributed by atoms with Gasteiger partial charge in [0.15, 0.2) is 0 Å². The Kier molecular flexibility index (Phi) is 3.02. The topological polar surface area (TPSA) is 12.9 Å². The molecule has 2 aromatic rings. The van der Waals surface area contributed by atoms with Gasteiger partial charge in [0.1, 0.15) is 4.60 Å². The molecular weight excluding hydrogens is 262 g/mol. The first-order valence-corrected chi connectivity index (χ1v) is 6.35. The molecule has 0 amide bonds. The average Bonchev–Trinajstić information content (AvgIpc) is 2.18. The zero-order valence-corrected chi connectivity index (χ0v) is 11.7. The lowest BCUT2D eigenvalue weighted by Crippen LogP contribution is -1.94. The van der Waals surface area contributed by atoms with Gasteiger partial charge in [-0.15, -0.1) is 0 Å². The quantitative estimate of drug-likeness (QED) is 0.687. The van der Waals surface area contributed by atoms with E-state index in [1.54, 1.807) is 0 Å². The van der Waals surface area contributed by atoms with Gasteiger partial charge >= 0.3 is 0 Å². The number of aromatic nitrogens is 1. The van der Waals surface area contributed by atoms with Crippen LogP contribution in [0.5, 0.6) is 0 Å². The zero-order valence-electron chi connectivity index (χ0n) is 10.1. The number of rotatable bonds is 1. The molecule has 1 nitrogen and oxygen atoms in total. The highest BCUT2D eigenvalue weighted by Gasteiger charge is 2.09. The fourth-order valence-electron chi connectivity index (χ4n) is 2.05. The number of pyridine rings is 1. The van der Waals surface area contributed by atoms with Gasteiger partial charge in [0.2, 0.25) is 0 Å². The highest BCUT2D eigenvalue weighted by Crippen LogP contribution is 2.28. The van der Waals surface area contributed by atoms with Crippen molar-refractivity contribution in [3.63, 3.8) is 0 Å². The summed E-state index contributed by atoms with van der Waals surface area (Å²) < 4.78 is 0.974. The minimum Gasteiger partial charge on any atom is -0.240 e. The van der Waals surface area contributed by atoms with Crippen molar-refractivity contribution in [3.05, 3.63) is 39.5 Å². The number of hydrogen-bond acceptors (Lipinski definition) is 1. The molecule has 1 heterocycles. The molecule has 0 aliphatic rings. The molecule has 1 aromatic carbocycles. The molecule has 2 heteroatoms. The van der Waals surface area contributed by atoms with Crippen molar-refractivity contribution in [2.75, 3.05) is 0 Å². The lowest BCUT2D eigenvalue weighted by Gasteiger charge is -2.11. The summed E-state index contributed by atoms with van der Waals surface area (Å²) in [5, 5.41) is 1.24. The van der Waals surface area contributed by atoms with Crippen LogP contribution in [0, 0.1) is 13.8 Å². The molecule has 0 spiro atoms. The van der Waals surface area contributed by atoms with Crippen molar-refractivity contribution in [2.45, 2.75) is 33.6 Å². The van der Waals surface area contributed by atoms with Crippen molar-refractivity contribution in [3.8, 4) is 0 Å². The van der Waals surface area contributed by atoms with E-state index in [4.69, 9.17) is 0 Å². The highest BCUT2D eigenvalue weighted by atomic mass is 79.9. The van der Waals surface area contributed by atoms with Crippen LogP contribution in [0.15, 0.2) is 22.8 Å². The van der Waals surface area contributed by atoms with Gasteiger partial charge in [-0.2, -0.15) is 0 Å². The number of benzene rings is 1. The number of halogens is 1. The van der Waals surface area contributed by atoms with E-state index < -0.39 is 0 Å². The molecule has 0 aliphatic heterocycles. The van der Waals surface area contributed by atoms with Crippen molar-refractivity contribution in [1.82, 2.24) is 4.98 Å². The molecule has 0 atom stereocenters. The van der Waals surface area contributed by atoms with Crippen molar-refractivity contribution < 1.29 is 0 Å². The lowest BCUT2D eigenvalue weighted by molar-refractivity contribution is 0.853. The van der Waals surface area contributed by atoms with Gasteiger partial charge in [-0.3, -0.25) is 0 Å². The monoisotopic (exact) mass is 277 g/mol. The second-order valence-corrected chi connectivity index (χ2v) is 5.43. The molecule has 0 radical (unpaired) electrons. The molecule has 0 fully saturated rings. The minimum atomic E-state index is 0.493. The van der Waals surface area contributed by atoms with Crippen LogP contribution >= 0.6 is 15.9 Å². The maximum atomic E-state index is 4.65. The molecule has 84 valence electrons. The van der Waals surface area contributed by atoms with Gasteiger partial charge in [0, 0.05) is 5.39 Å². The first-order valence-electron chi connectivity index (χ1n) is 5.56. The highest BCUT2D eigenvalue weighted by molar-refractivity contribution is 9.10. The number of aryl methyl sites for hydroxylation is 2. The van der Waals surface area contributed by atoms with Crippen LogP contribution in [0.4, 0.5) is 0 Å². The Labute approximate surface area is 105 Å². The largest absolute Gasteiger partial charge is 0.240 e. The Bertz CT molecular complexity index is 544. The van der Waals surface area contributed by atoms with Crippen LogP contribution in [0.1, 0.15) is 36.5 Å². The molecule has 0 saturated heterocycles. The molecule has 0 N–H and O–H groups in total. The van der Waals surface area contributed by atoms with Crippen LogP contribution in [-0.4, -0.2) is 4.98 Å². The first-order chi connectivity index (χ1) is 7.49. The first kappa shape index (κ1) is 11.6. The van der Waals surface area contributed by atoms with E-state index in [-0.39, 0.29) is 0 Å². The van der Waals surface area contributed by atoms with E-state index in [1.165, 1.54) is 22.1 Å². The second-order valence-electron chi connectivity index (χ2n) is 4.68. The molecule has 0 saturated carbocycles. The van der Waals surface area contributed by atoms with E-state index in [1.807, 2.05) is 0 Å². The molecule has 1 aromatic heterocycles. The maximum absolute atomic E-state index is 4.65. The summed E-state index contributed by atoms with van der Waals surface area (Å²) in [6.07, 6.45) is 0. The molecule has 0 unspecified atom stereocenters. The zero-order chi connectivity index (χ0) is 11.9. The van der Waals surface area contributed by atoms with Gasteiger partial charge in [-0.25, -0.2) is 4.98 Å². The lowest BCUT2D eigenvalue weighted by atomic mass is 10.0. The van der Waals surface area contributed by atoms with Crippen LogP contribution in [0.25, 0.3) is 10.9 Å². The van der Waals surface area contributed by atoms with E-state index in [2.05, 4.69) is 66.8 Å². The van der Waals surface area contributed by atoms with Gasteiger partial charge in [0.05, 0.1) is 5.52 Å². The fourth-order valence-corrected chi connectivity index (χ4v) is 2.80. The summed E-state index contributed by atoms with van der Waals surface area (Å²) in [7, 11) is 0. The minimum absolute atomic E-state index is 0.493. The molecule has 2 rings (SSSR count). The van der Waals surface area contributed by atoms with Crippen molar-refractivity contribution in [1.29, 1.82) is 0 Å². The maximum Gasteiger partial charge on any atom is 0.110 e. The van der Waals surface area contributed by atoms with Crippen molar-refractivity contribution in [2.24, 2.45) is 0 Å². The summed E-state index contributed by atoms with van der Waals surface area (Å²) in [5.41, 5.74) is 4.91. The van der Waals surface area contributed by atoms with Gasteiger partial charge in [-0.1, -0.05) is 25.5 Å². The standard InChI is InChI=1S/C14H16BrN/c1-8(2)12-7-11-6-9(3)5-10(4)13(11)16-14(12)15/h5-8H,1-4H3. The third kappa shape index (κ3) is 1.99. The Hall–Kier alpha value is -0.890. The number of nitrogens with zero attached hydrogens (tertiary/aromatic N) is 1. The van der Waals surface area contributed by atoms with Crippen LogP contribution < -0.4 is 0 Å². The summed E-state index contributed by atoms with van der Waals surface area (Å²) in [5.74, 6) is 0.493. The summed E-state index contributed by atoms with van der Waals surface area (Å²) in [6.45, 7) is 8.62. The van der Waals surface area contributed by atoms with Gasteiger partial charge in [-0.05, 0) is 59.0 Å². The summed E-state index contributed by atoms with van der Waals surface area (Å²) >= 11 is 3.56. The fraction of sp³-hybridized carbons (Fsp3) is 0.357. The molecule has 0 bridgehead atoms. The molecule has 16 heavy (non-hydrogen) atoms. The van der Waals surface area contributed by atoms with Crippen molar-refractivity contribution >= 4 is 26.8 Å². The second kappa shape index (κ2) is 4.17. The Balaban J connectivity index is 2.79. The number of fused-ring (bicyclic) bond motifs is 1. The van der Waals surface area contributed by atoms with E-state index in [0.29, 0.717) is 5.92 Å². The third-order valence-electron chi connectivity index (χ3n) is 2.86. The van der Waals surface area contributed by atoms with Crippen LogP contribution in [0.2, 0.25) is 0 Å². The predicted octanol–water partition coefficient (Wildman–Crippen LogP) is 4.74. The summed E-state index contributed by atoms with van der Waals surface area (Å²) in [4.78, 5) is 4.65. The average molecular weight is 278 g/mol. The Morgan fingerprint density at radius 1 is 1.12 bits per heavy atom. The SMILES string of the molecule is Cc1cc(C)c2nc(Br)c(C(C)C)cc2c1. The predicted molar refractivity (Wildman–Crippen MR) is 73.0 cm³/mol. The number of hydrogen-bond donors (Lipinski definition) is 0. The smallest absolute Gasteiger partial charge is 0.110 e. The van der Waals surface area contributed by atoms with E-state index >= 15 is 0 Å². The molecular formula is C14H16BrN.